The van der Waals surface area contributed by atoms with E-state index in [4.69, 9.17) is 18.0 Å². The molecule has 0 unspecified atom stereocenters. The predicted molar refractivity (Wildman–Crippen MR) is 88.7 cm³/mol. The van der Waals surface area contributed by atoms with E-state index >= 15 is 0 Å². The van der Waals surface area contributed by atoms with Gasteiger partial charge >= 0.3 is 0 Å². The van der Waals surface area contributed by atoms with Gasteiger partial charge in [0.15, 0.2) is 0 Å². The van der Waals surface area contributed by atoms with Gasteiger partial charge in [0.25, 0.3) is 0 Å². The van der Waals surface area contributed by atoms with E-state index in [9.17, 15) is 0 Å². The van der Waals surface area contributed by atoms with Gasteiger partial charge in [0.2, 0.25) is 0 Å². The van der Waals surface area contributed by atoms with E-state index in [0.717, 1.165) is 18.7 Å². The molecule has 0 saturated heterocycles. The Kier molecular flexibility index (Phi) is 4.88. The molecule has 2 aromatic carbocycles. The van der Waals surface area contributed by atoms with Crippen molar-refractivity contribution >= 4 is 17.2 Å². The Morgan fingerprint density at radius 3 is 2.55 bits per heavy atom. The molecule has 0 heterocycles. The summed E-state index contributed by atoms with van der Waals surface area (Å²) in [6, 6.07) is 16.7. The number of hydrogen-bond acceptors (Lipinski definition) is 2. The van der Waals surface area contributed by atoms with Crippen LogP contribution in [0.4, 0.5) is 0 Å². The molecule has 2 rings (SSSR count). The zero-order valence-corrected chi connectivity index (χ0v) is 12.8. The third-order valence-corrected chi connectivity index (χ3v) is 3.48. The minimum Gasteiger partial charge on any atom is -0.389 e. The van der Waals surface area contributed by atoms with Crippen LogP contribution in [0.2, 0.25) is 0 Å². The SMILES string of the molecule is Cc1cccc(CN(C)Cc2ccccc2C(N)=S)c1. The van der Waals surface area contributed by atoms with Crippen molar-refractivity contribution in [3.8, 4) is 0 Å². The average Bonchev–Trinajstić information content (AvgIpc) is 2.38. The number of aryl methyl sites for hydroxylation is 1. The Morgan fingerprint density at radius 1 is 1.10 bits per heavy atom. The van der Waals surface area contributed by atoms with Gasteiger partial charge in [-0.1, -0.05) is 66.3 Å². The molecule has 2 N–H and O–H groups in total. The highest BCUT2D eigenvalue weighted by molar-refractivity contribution is 7.80. The molecule has 0 spiro atoms. The summed E-state index contributed by atoms with van der Waals surface area (Å²) in [5.41, 5.74) is 10.5. The van der Waals surface area contributed by atoms with Crippen LogP contribution in [0.15, 0.2) is 48.5 Å². The number of benzene rings is 2. The molecule has 0 atom stereocenters. The molecule has 104 valence electrons. The van der Waals surface area contributed by atoms with Crippen molar-refractivity contribution in [1.29, 1.82) is 0 Å². The molecule has 0 aliphatic heterocycles. The van der Waals surface area contributed by atoms with E-state index in [1.54, 1.807) is 0 Å². The fourth-order valence-corrected chi connectivity index (χ4v) is 2.57. The van der Waals surface area contributed by atoms with Crippen LogP contribution in [0.1, 0.15) is 22.3 Å². The van der Waals surface area contributed by atoms with Crippen LogP contribution in [0.25, 0.3) is 0 Å². The maximum absolute atomic E-state index is 5.78. The maximum Gasteiger partial charge on any atom is 0.104 e. The molecule has 0 amide bonds. The van der Waals surface area contributed by atoms with Crippen LogP contribution >= 0.6 is 12.2 Å². The number of hydrogen-bond donors (Lipinski definition) is 1. The maximum atomic E-state index is 5.78. The molecule has 2 aromatic rings. The fourth-order valence-electron chi connectivity index (χ4n) is 2.37. The van der Waals surface area contributed by atoms with E-state index in [-0.39, 0.29) is 0 Å². The topological polar surface area (TPSA) is 29.3 Å². The van der Waals surface area contributed by atoms with Gasteiger partial charge in [-0.2, -0.15) is 0 Å². The largest absolute Gasteiger partial charge is 0.389 e. The highest BCUT2D eigenvalue weighted by Gasteiger charge is 2.07. The zero-order valence-electron chi connectivity index (χ0n) is 12.0. The van der Waals surface area contributed by atoms with Gasteiger partial charge in [-0.05, 0) is 25.1 Å². The van der Waals surface area contributed by atoms with Crippen molar-refractivity contribution in [2.24, 2.45) is 5.73 Å². The number of rotatable bonds is 5. The summed E-state index contributed by atoms with van der Waals surface area (Å²) >= 11 is 5.11. The quantitative estimate of drug-likeness (QED) is 0.855. The summed E-state index contributed by atoms with van der Waals surface area (Å²) in [7, 11) is 2.11. The first-order valence-electron chi connectivity index (χ1n) is 6.68. The molecule has 2 nitrogen and oxygen atoms in total. The standard InChI is InChI=1S/C17H20N2S/c1-13-6-5-7-14(10-13)11-19(2)12-15-8-3-4-9-16(15)17(18)20/h3-10H,11-12H2,1-2H3,(H2,18,20). The normalized spacial score (nSPS) is 10.8. The third-order valence-electron chi connectivity index (χ3n) is 3.26. The average molecular weight is 284 g/mol. The van der Waals surface area contributed by atoms with Crippen LogP contribution in [0.3, 0.4) is 0 Å². The highest BCUT2D eigenvalue weighted by atomic mass is 32.1. The Bertz CT molecular complexity index is 607. The van der Waals surface area contributed by atoms with Gasteiger partial charge < -0.3 is 5.73 Å². The van der Waals surface area contributed by atoms with Crippen molar-refractivity contribution < 1.29 is 0 Å². The minimum atomic E-state index is 0.463. The van der Waals surface area contributed by atoms with Crippen LogP contribution < -0.4 is 5.73 Å². The first-order valence-corrected chi connectivity index (χ1v) is 7.09. The van der Waals surface area contributed by atoms with Crippen LogP contribution in [-0.4, -0.2) is 16.9 Å². The van der Waals surface area contributed by atoms with Gasteiger partial charge in [0.05, 0.1) is 0 Å². The first-order chi connectivity index (χ1) is 9.56. The minimum absolute atomic E-state index is 0.463. The van der Waals surface area contributed by atoms with Gasteiger partial charge in [-0.3, -0.25) is 4.90 Å². The summed E-state index contributed by atoms with van der Waals surface area (Å²) in [6.45, 7) is 3.86. The van der Waals surface area contributed by atoms with Gasteiger partial charge in [-0.15, -0.1) is 0 Å². The van der Waals surface area contributed by atoms with Crippen molar-refractivity contribution in [2.75, 3.05) is 7.05 Å². The van der Waals surface area contributed by atoms with E-state index in [1.165, 1.54) is 16.7 Å². The molecule has 0 fully saturated rings. The van der Waals surface area contributed by atoms with Crippen LogP contribution in [-0.2, 0) is 13.1 Å². The van der Waals surface area contributed by atoms with Crippen LogP contribution in [0.5, 0.6) is 0 Å². The predicted octanol–water partition coefficient (Wildman–Crippen LogP) is 3.26. The zero-order chi connectivity index (χ0) is 14.5. The van der Waals surface area contributed by atoms with Crippen molar-refractivity contribution in [3.63, 3.8) is 0 Å². The van der Waals surface area contributed by atoms with E-state index < -0.39 is 0 Å². The Balaban J connectivity index is 2.08. The van der Waals surface area contributed by atoms with Crippen LogP contribution in [0, 0.1) is 6.92 Å². The summed E-state index contributed by atoms with van der Waals surface area (Å²) < 4.78 is 0. The van der Waals surface area contributed by atoms with Gasteiger partial charge in [0.1, 0.15) is 4.99 Å². The first kappa shape index (κ1) is 14.7. The lowest BCUT2D eigenvalue weighted by molar-refractivity contribution is 0.319. The van der Waals surface area contributed by atoms with E-state index in [2.05, 4.69) is 49.2 Å². The lowest BCUT2D eigenvalue weighted by atomic mass is 10.1. The summed E-state index contributed by atoms with van der Waals surface area (Å²) in [5.74, 6) is 0. The highest BCUT2D eigenvalue weighted by Crippen LogP contribution is 2.13. The second-order valence-electron chi connectivity index (χ2n) is 5.18. The third kappa shape index (κ3) is 3.89. The molecular formula is C17H20N2S. The summed E-state index contributed by atoms with van der Waals surface area (Å²) in [6.07, 6.45) is 0. The Labute approximate surface area is 126 Å². The monoisotopic (exact) mass is 284 g/mol. The molecule has 0 aliphatic rings. The molecule has 3 heteroatoms. The van der Waals surface area contributed by atoms with Crippen molar-refractivity contribution in [3.05, 3.63) is 70.8 Å². The second kappa shape index (κ2) is 6.64. The second-order valence-corrected chi connectivity index (χ2v) is 5.62. The molecule has 0 bridgehead atoms. The Morgan fingerprint density at radius 2 is 1.85 bits per heavy atom. The van der Waals surface area contributed by atoms with E-state index in [0.29, 0.717) is 4.99 Å². The number of nitrogens with zero attached hydrogens (tertiary/aromatic N) is 1. The molecule has 0 aromatic heterocycles. The van der Waals surface area contributed by atoms with Gasteiger partial charge in [-0.25, -0.2) is 0 Å². The van der Waals surface area contributed by atoms with E-state index in [1.807, 2.05) is 18.2 Å². The van der Waals surface area contributed by atoms with Gasteiger partial charge in [0, 0.05) is 18.7 Å². The fraction of sp³-hybridized carbons (Fsp3) is 0.235. The van der Waals surface area contributed by atoms with Crippen molar-refractivity contribution in [1.82, 2.24) is 4.90 Å². The Hall–Kier alpha value is -1.71. The molecular weight excluding hydrogens is 264 g/mol. The lowest BCUT2D eigenvalue weighted by Crippen LogP contribution is -2.20. The smallest absolute Gasteiger partial charge is 0.104 e. The number of nitrogens with two attached hydrogens (primary N) is 1. The van der Waals surface area contributed by atoms with Crippen molar-refractivity contribution in [2.45, 2.75) is 20.0 Å². The molecule has 20 heavy (non-hydrogen) atoms. The molecule has 0 aliphatic carbocycles. The summed E-state index contributed by atoms with van der Waals surface area (Å²) in [5, 5.41) is 0. The lowest BCUT2D eigenvalue weighted by Gasteiger charge is -2.19. The molecule has 0 saturated carbocycles. The summed E-state index contributed by atoms with van der Waals surface area (Å²) in [4.78, 5) is 2.73. The molecule has 0 radical (unpaired) electrons. The number of thiocarbonyl (C=S) groups is 1.